The highest BCUT2D eigenvalue weighted by atomic mass is 32.1. The molecule has 18 heavy (non-hydrogen) atoms. The van der Waals surface area contributed by atoms with E-state index in [1.54, 1.807) is 27.0 Å². The fourth-order valence-corrected chi connectivity index (χ4v) is 2.33. The van der Waals surface area contributed by atoms with E-state index in [0.717, 1.165) is 0 Å². The monoisotopic (exact) mass is 269 g/mol. The largest absolute Gasteiger partial charge is 0.389 e. The van der Waals surface area contributed by atoms with E-state index in [4.69, 9.17) is 0 Å². The number of carbonyl (C=O) groups is 2. The third kappa shape index (κ3) is 4.98. The molecule has 0 saturated carbocycles. The first-order valence-corrected chi connectivity index (χ1v) is 6.70. The van der Waals surface area contributed by atoms with Crippen LogP contribution in [0.3, 0.4) is 0 Å². The van der Waals surface area contributed by atoms with Crippen molar-refractivity contribution in [1.29, 1.82) is 0 Å². The van der Waals surface area contributed by atoms with Crippen molar-refractivity contribution in [3.05, 3.63) is 22.4 Å². The van der Waals surface area contributed by atoms with Crippen molar-refractivity contribution in [1.82, 2.24) is 4.90 Å². The predicted molar refractivity (Wildman–Crippen MR) is 71.8 cm³/mol. The second-order valence-corrected chi connectivity index (χ2v) is 5.91. The van der Waals surface area contributed by atoms with Gasteiger partial charge < -0.3 is 10.0 Å². The van der Waals surface area contributed by atoms with E-state index in [2.05, 4.69) is 0 Å². The highest BCUT2D eigenvalue weighted by Gasteiger charge is 2.20. The number of likely N-dealkylation sites (N-methyl/N-ethyl adjacent to an activating group) is 1. The Labute approximate surface area is 111 Å². The molecule has 0 radical (unpaired) electrons. The summed E-state index contributed by atoms with van der Waals surface area (Å²) in [6.45, 7) is 3.56. The molecule has 0 bridgehead atoms. The number of Topliss-reactive ketones (excluding diaryl/α,β-unsaturated/α-hetero) is 1. The minimum absolute atomic E-state index is 0.00462. The molecule has 0 saturated heterocycles. The van der Waals surface area contributed by atoms with Gasteiger partial charge >= 0.3 is 0 Å². The number of thiophene rings is 1. The number of carbonyl (C=O) groups excluding carboxylic acids is 2. The van der Waals surface area contributed by atoms with Crippen LogP contribution in [0.5, 0.6) is 0 Å². The zero-order chi connectivity index (χ0) is 13.8. The second-order valence-electron chi connectivity index (χ2n) is 4.96. The summed E-state index contributed by atoms with van der Waals surface area (Å²) in [6.07, 6.45) is 0.402. The molecule has 1 aromatic heterocycles. The molecule has 4 nitrogen and oxygen atoms in total. The van der Waals surface area contributed by atoms with Crippen LogP contribution < -0.4 is 0 Å². The molecule has 0 aliphatic heterocycles. The van der Waals surface area contributed by atoms with Crippen LogP contribution in [0.2, 0.25) is 0 Å². The summed E-state index contributed by atoms with van der Waals surface area (Å²) in [5.41, 5.74) is -0.915. The summed E-state index contributed by atoms with van der Waals surface area (Å²) in [6, 6.07) is 3.58. The first-order chi connectivity index (χ1) is 8.29. The normalized spacial score (nSPS) is 11.3. The van der Waals surface area contributed by atoms with Crippen LogP contribution in [-0.4, -0.2) is 40.9 Å². The number of rotatable bonds is 6. The second kappa shape index (κ2) is 6.11. The minimum atomic E-state index is -0.915. The molecule has 1 heterocycles. The number of aliphatic hydroxyl groups is 1. The van der Waals surface area contributed by atoms with Crippen LogP contribution in [0.4, 0.5) is 0 Å². The summed E-state index contributed by atoms with van der Waals surface area (Å²) in [5, 5.41) is 11.4. The van der Waals surface area contributed by atoms with Crippen molar-refractivity contribution in [3.63, 3.8) is 0 Å². The van der Waals surface area contributed by atoms with Gasteiger partial charge in [0.05, 0.1) is 10.5 Å². The van der Waals surface area contributed by atoms with Gasteiger partial charge in [0.15, 0.2) is 5.78 Å². The van der Waals surface area contributed by atoms with Crippen molar-refractivity contribution in [2.45, 2.75) is 32.3 Å². The minimum Gasteiger partial charge on any atom is -0.389 e. The molecule has 0 atom stereocenters. The average Bonchev–Trinajstić information content (AvgIpc) is 2.76. The molecular weight excluding hydrogens is 250 g/mol. The van der Waals surface area contributed by atoms with Crippen LogP contribution in [0.15, 0.2) is 17.5 Å². The number of hydrogen-bond acceptors (Lipinski definition) is 4. The lowest BCUT2D eigenvalue weighted by Crippen LogP contribution is -2.39. The highest BCUT2D eigenvalue weighted by Crippen LogP contribution is 2.13. The average molecular weight is 269 g/mol. The third-order valence-electron chi connectivity index (χ3n) is 2.41. The van der Waals surface area contributed by atoms with E-state index in [9.17, 15) is 14.7 Å². The van der Waals surface area contributed by atoms with Gasteiger partial charge in [0.1, 0.15) is 0 Å². The lowest BCUT2D eigenvalue weighted by molar-refractivity contribution is -0.132. The van der Waals surface area contributed by atoms with Crippen molar-refractivity contribution >= 4 is 23.0 Å². The maximum absolute atomic E-state index is 11.8. The van der Waals surface area contributed by atoms with Crippen molar-refractivity contribution < 1.29 is 14.7 Å². The summed E-state index contributed by atoms with van der Waals surface area (Å²) in [4.78, 5) is 25.6. The van der Waals surface area contributed by atoms with E-state index in [0.29, 0.717) is 4.88 Å². The first-order valence-electron chi connectivity index (χ1n) is 5.82. The van der Waals surface area contributed by atoms with E-state index >= 15 is 0 Å². The van der Waals surface area contributed by atoms with Crippen LogP contribution in [-0.2, 0) is 4.79 Å². The zero-order valence-electron chi connectivity index (χ0n) is 11.0. The van der Waals surface area contributed by atoms with Crippen LogP contribution >= 0.6 is 11.3 Å². The maximum Gasteiger partial charge on any atom is 0.222 e. The maximum atomic E-state index is 11.8. The van der Waals surface area contributed by atoms with Crippen molar-refractivity contribution in [3.8, 4) is 0 Å². The molecule has 1 rings (SSSR count). The van der Waals surface area contributed by atoms with Crippen LogP contribution in [0.1, 0.15) is 36.4 Å². The van der Waals surface area contributed by atoms with Gasteiger partial charge in [-0.15, -0.1) is 11.3 Å². The predicted octanol–water partition coefficient (Wildman–Crippen LogP) is 1.94. The standard InChI is InChI=1S/C13H19NO3S/c1-13(2,17)9-14(3)12(16)7-6-10(15)11-5-4-8-18-11/h4-5,8,17H,6-7,9H2,1-3H3. The highest BCUT2D eigenvalue weighted by molar-refractivity contribution is 7.12. The van der Waals surface area contributed by atoms with Gasteiger partial charge in [-0.1, -0.05) is 6.07 Å². The van der Waals surface area contributed by atoms with Gasteiger partial charge in [-0.05, 0) is 25.3 Å². The molecule has 100 valence electrons. The molecule has 0 aliphatic rings. The number of amides is 1. The Morgan fingerprint density at radius 1 is 1.39 bits per heavy atom. The lowest BCUT2D eigenvalue weighted by atomic mass is 10.1. The number of nitrogens with zero attached hydrogens (tertiary/aromatic N) is 1. The molecule has 5 heteroatoms. The fraction of sp³-hybridized carbons (Fsp3) is 0.538. The Hall–Kier alpha value is -1.20. The van der Waals surface area contributed by atoms with Gasteiger partial charge in [-0.3, -0.25) is 9.59 Å². The van der Waals surface area contributed by atoms with Gasteiger partial charge in [-0.2, -0.15) is 0 Å². The molecular formula is C13H19NO3S. The summed E-state index contributed by atoms with van der Waals surface area (Å²) >= 11 is 1.39. The van der Waals surface area contributed by atoms with E-state index in [-0.39, 0.29) is 31.1 Å². The Bertz CT molecular complexity index is 406. The van der Waals surface area contributed by atoms with Crippen LogP contribution in [0.25, 0.3) is 0 Å². The topological polar surface area (TPSA) is 57.6 Å². The zero-order valence-corrected chi connectivity index (χ0v) is 11.8. The van der Waals surface area contributed by atoms with E-state index in [1.807, 2.05) is 11.4 Å². The Kier molecular flexibility index (Phi) is 5.04. The molecule has 0 fully saturated rings. The van der Waals surface area contributed by atoms with Gasteiger partial charge in [0.25, 0.3) is 0 Å². The van der Waals surface area contributed by atoms with Crippen molar-refractivity contribution in [2.75, 3.05) is 13.6 Å². The SMILES string of the molecule is CN(CC(C)(C)O)C(=O)CCC(=O)c1cccs1. The smallest absolute Gasteiger partial charge is 0.222 e. The molecule has 0 unspecified atom stereocenters. The molecule has 0 spiro atoms. The molecule has 1 amide bonds. The molecule has 1 N–H and O–H groups in total. The van der Waals surface area contributed by atoms with E-state index in [1.165, 1.54) is 16.2 Å². The molecule has 1 aromatic rings. The number of hydrogen-bond donors (Lipinski definition) is 1. The molecule has 0 aromatic carbocycles. The summed E-state index contributed by atoms with van der Waals surface area (Å²) in [5.74, 6) is -0.128. The van der Waals surface area contributed by atoms with Gasteiger partial charge in [0, 0.05) is 26.4 Å². The Balaban J connectivity index is 2.39. The van der Waals surface area contributed by atoms with E-state index < -0.39 is 5.60 Å². The summed E-state index contributed by atoms with van der Waals surface area (Å²) < 4.78 is 0. The number of ketones is 1. The summed E-state index contributed by atoms with van der Waals surface area (Å²) in [7, 11) is 1.63. The van der Waals surface area contributed by atoms with Gasteiger partial charge in [0.2, 0.25) is 5.91 Å². The Morgan fingerprint density at radius 3 is 2.56 bits per heavy atom. The fourth-order valence-electron chi connectivity index (χ4n) is 1.64. The van der Waals surface area contributed by atoms with Gasteiger partial charge in [-0.25, -0.2) is 0 Å². The molecule has 0 aliphatic carbocycles. The first kappa shape index (κ1) is 14.9. The lowest BCUT2D eigenvalue weighted by Gasteiger charge is -2.25. The third-order valence-corrected chi connectivity index (χ3v) is 3.32. The van der Waals surface area contributed by atoms with Crippen LogP contribution in [0, 0.1) is 0 Å². The quantitative estimate of drug-likeness (QED) is 0.803. The Morgan fingerprint density at radius 2 is 2.06 bits per heavy atom. The van der Waals surface area contributed by atoms with Crippen molar-refractivity contribution in [2.24, 2.45) is 0 Å².